The summed E-state index contributed by atoms with van der Waals surface area (Å²) in [7, 11) is -1.21. The summed E-state index contributed by atoms with van der Waals surface area (Å²) in [6, 6.07) is 0. The molecule has 3 fully saturated rings. The van der Waals surface area contributed by atoms with Gasteiger partial charge >= 0.3 is 0 Å². The highest BCUT2D eigenvalue weighted by atomic mass is 28.3. The average molecular weight is 279 g/mol. The van der Waals surface area contributed by atoms with Crippen LogP contribution in [0.4, 0.5) is 0 Å². The van der Waals surface area contributed by atoms with Crippen LogP contribution in [0.15, 0.2) is 12.2 Å². The third kappa shape index (κ3) is 1.75. The van der Waals surface area contributed by atoms with Crippen molar-refractivity contribution in [1.29, 1.82) is 0 Å². The fraction of sp³-hybridized carbons (Fsp3) is 0.882. The monoisotopic (exact) mass is 278 g/mol. The summed E-state index contributed by atoms with van der Waals surface area (Å²) in [5.74, 6) is 1.48. The van der Waals surface area contributed by atoms with Crippen molar-refractivity contribution in [3.63, 3.8) is 0 Å². The van der Waals surface area contributed by atoms with E-state index in [0.29, 0.717) is 11.1 Å². The maximum Gasteiger partial charge on any atom is 0.0975 e. The van der Waals surface area contributed by atoms with E-state index in [2.05, 4.69) is 40.1 Å². The molecule has 0 radical (unpaired) electrons. The van der Waals surface area contributed by atoms with Crippen LogP contribution < -0.4 is 0 Å². The molecule has 0 N–H and O–H groups in total. The van der Waals surface area contributed by atoms with Crippen LogP contribution in [0.5, 0.6) is 0 Å². The number of rotatable bonds is 1. The summed E-state index contributed by atoms with van der Waals surface area (Å²) < 4.78 is 6.53. The van der Waals surface area contributed by atoms with Gasteiger partial charge in [-0.2, -0.15) is 0 Å². The first kappa shape index (κ1) is 13.9. The Kier molecular flexibility index (Phi) is 2.90. The van der Waals surface area contributed by atoms with E-state index in [1.54, 1.807) is 0 Å². The first-order valence-corrected chi connectivity index (χ1v) is 11.7. The molecular weight excluding hydrogens is 248 g/mol. The molecule has 3 aliphatic rings. The van der Waals surface area contributed by atoms with Crippen molar-refractivity contribution in [2.45, 2.75) is 76.9 Å². The van der Waals surface area contributed by atoms with Gasteiger partial charge in [-0.1, -0.05) is 45.6 Å². The molecular formula is C17H30OSi. The Morgan fingerprint density at radius 1 is 1.26 bits per heavy atom. The lowest BCUT2D eigenvalue weighted by Gasteiger charge is -2.52. The fourth-order valence-electron chi connectivity index (χ4n) is 5.19. The predicted molar refractivity (Wildman–Crippen MR) is 83.9 cm³/mol. The number of epoxide rings is 1. The van der Waals surface area contributed by atoms with Crippen molar-refractivity contribution in [3.05, 3.63) is 12.2 Å². The molecule has 0 bridgehead atoms. The zero-order chi connectivity index (χ0) is 14.1. The minimum atomic E-state index is -1.21. The van der Waals surface area contributed by atoms with Gasteiger partial charge in [0.25, 0.3) is 0 Å². The van der Waals surface area contributed by atoms with Crippen molar-refractivity contribution in [2.24, 2.45) is 17.3 Å². The lowest BCUT2D eigenvalue weighted by molar-refractivity contribution is -0.00285. The lowest BCUT2D eigenvalue weighted by atomic mass is 9.52. The number of ether oxygens (including phenoxy) is 1. The van der Waals surface area contributed by atoms with Crippen molar-refractivity contribution in [3.8, 4) is 0 Å². The topological polar surface area (TPSA) is 12.5 Å². The molecule has 1 aliphatic heterocycles. The minimum Gasteiger partial charge on any atom is -0.369 e. The molecule has 1 saturated heterocycles. The van der Waals surface area contributed by atoms with E-state index in [9.17, 15) is 0 Å². The molecule has 3 rings (SSSR count). The number of hydrogen-bond acceptors (Lipinski definition) is 1. The van der Waals surface area contributed by atoms with Crippen molar-refractivity contribution < 1.29 is 4.74 Å². The van der Waals surface area contributed by atoms with Crippen LogP contribution >= 0.6 is 0 Å². The van der Waals surface area contributed by atoms with Crippen LogP contribution in [0.1, 0.15) is 46.0 Å². The highest BCUT2D eigenvalue weighted by Crippen LogP contribution is 2.67. The highest BCUT2D eigenvalue weighted by molar-refractivity contribution is 6.78. The van der Waals surface area contributed by atoms with Crippen LogP contribution in [-0.4, -0.2) is 19.4 Å². The average Bonchev–Trinajstić information content (AvgIpc) is 3.04. The first-order valence-electron chi connectivity index (χ1n) is 8.09. The van der Waals surface area contributed by atoms with Gasteiger partial charge in [-0.25, -0.2) is 0 Å². The second-order valence-corrected chi connectivity index (χ2v) is 13.9. The Labute approximate surface area is 119 Å². The van der Waals surface area contributed by atoms with Gasteiger partial charge in [0.15, 0.2) is 0 Å². The van der Waals surface area contributed by atoms with Gasteiger partial charge in [0, 0.05) is 0 Å². The van der Waals surface area contributed by atoms with Crippen LogP contribution in [0.25, 0.3) is 0 Å². The quantitative estimate of drug-likeness (QED) is 0.381. The van der Waals surface area contributed by atoms with Gasteiger partial charge in [-0.15, -0.1) is 0 Å². The SMILES string of the molecule is C=C1CCC[C@H]2[C@@]3(O[C@H]3[Si](C)(C)C)[C@@H](C)CC[C@@]12C. The zero-order valence-corrected chi connectivity index (χ0v) is 14.4. The molecule has 2 aliphatic carbocycles. The van der Waals surface area contributed by atoms with E-state index in [1.807, 2.05) is 0 Å². The molecule has 1 heterocycles. The summed E-state index contributed by atoms with van der Waals surface area (Å²) in [5.41, 5.74) is 2.69. The van der Waals surface area contributed by atoms with Crippen molar-refractivity contribution in [1.82, 2.24) is 0 Å². The summed E-state index contributed by atoms with van der Waals surface area (Å²) >= 11 is 0. The van der Waals surface area contributed by atoms with Crippen LogP contribution in [0, 0.1) is 17.3 Å². The Morgan fingerprint density at radius 3 is 2.53 bits per heavy atom. The van der Waals surface area contributed by atoms with E-state index >= 15 is 0 Å². The van der Waals surface area contributed by atoms with E-state index in [0.717, 1.165) is 11.8 Å². The second kappa shape index (κ2) is 3.97. The molecule has 1 nitrogen and oxygen atoms in total. The summed E-state index contributed by atoms with van der Waals surface area (Å²) in [5, 5.41) is 0. The van der Waals surface area contributed by atoms with Gasteiger partial charge < -0.3 is 4.74 Å². The van der Waals surface area contributed by atoms with Gasteiger partial charge in [-0.05, 0) is 49.4 Å². The van der Waals surface area contributed by atoms with Crippen molar-refractivity contribution in [2.75, 3.05) is 0 Å². The largest absolute Gasteiger partial charge is 0.369 e. The van der Waals surface area contributed by atoms with E-state index in [4.69, 9.17) is 4.74 Å². The maximum atomic E-state index is 6.53. The van der Waals surface area contributed by atoms with Crippen LogP contribution in [-0.2, 0) is 4.74 Å². The van der Waals surface area contributed by atoms with E-state index in [1.165, 1.54) is 37.7 Å². The Morgan fingerprint density at radius 2 is 1.95 bits per heavy atom. The first-order chi connectivity index (χ1) is 8.73. The maximum absolute atomic E-state index is 6.53. The molecule has 2 heteroatoms. The number of allylic oxidation sites excluding steroid dienone is 1. The fourth-order valence-corrected chi connectivity index (χ4v) is 7.59. The van der Waals surface area contributed by atoms with Gasteiger partial charge in [-0.3, -0.25) is 0 Å². The summed E-state index contributed by atoms with van der Waals surface area (Å²) in [4.78, 5) is 0. The molecule has 1 spiro atoms. The smallest absolute Gasteiger partial charge is 0.0975 e. The summed E-state index contributed by atoms with van der Waals surface area (Å²) in [6.07, 6.45) is 6.60. The molecule has 2 saturated carbocycles. The minimum absolute atomic E-state index is 0.223. The van der Waals surface area contributed by atoms with Gasteiger partial charge in [0.1, 0.15) is 0 Å². The van der Waals surface area contributed by atoms with Gasteiger partial charge in [0.05, 0.1) is 19.4 Å². The summed E-state index contributed by atoms with van der Waals surface area (Å²) in [6.45, 7) is 16.8. The van der Waals surface area contributed by atoms with E-state index < -0.39 is 8.07 Å². The number of hydrogen-bond donors (Lipinski definition) is 0. The predicted octanol–water partition coefficient (Wildman–Crippen LogP) is 4.79. The normalized spacial score (nSPS) is 50.2. The zero-order valence-electron chi connectivity index (χ0n) is 13.4. The molecule has 19 heavy (non-hydrogen) atoms. The molecule has 0 aromatic heterocycles. The third-order valence-corrected chi connectivity index (χ3v) is 8.56. The lowest BCUT2D eigenvalue weighted by Crippen LogP contribution is -2.53. The van der Waals surface area contributed by atoms with Crippen molar-refractivity contribution >= 4 is 8.07 Å². The molecule has 108 valence electrons. The standard InChI is InChI=1S/C17H30OSi/c1-12-8-7-9-14-16(12,3)11-10-13(2)17(14)15(18-17)19(4,5)6/h13-15H,1,7-11H2,2-6H3/t13-,14+,15-,16-,17-/m0/s1. The molecule has 0 aromatic carbocycles. The molecule has 0 aromatic rings. The molecule has 5 atom stereocenters. The highest BCUT2D eigenvalue weighted by Gasteiger charge is 2.72. The van der Waals surface area contributed by atoms with Crippen LogP contribution in [0.3, 0.4) is 0 Å². The molecule has 0 amide bonds. The van der Waals surface area contributed by atoms with Gasteiger partial charge in [0.2, 0.25) is 0 Å². The molecule has 0 unspecified atom stereocenters. The Hall–Kier alpha value is -0.0831. The van der Waals surface area contributed by atoms with Crippen LogP contribution in [0.2, 0.25) is 19.6 Å². The van der Waals surface area contributed by atoms with E-state index in [-0.39, 0.29) is 5.60 Å². The Bertz CT molecular complexity index is 410. The third-order valence-electron chi connectivity index (χ3n) is 6.42. The Balaban J connectivity index is 1.98. The second-order valence-electron chi connectivity index (χ2n) is 8.62. The number of fused-ring (bicyclic) bond motifs is 2.